The Bertz CT molecular complexity index is 278. The van der Waals surface area contributed by atoms with Gasteiger partial charge in [0.05, 0.1) is 11.2 Å². The minimum Gasteiger partial charge on any atom is -0.365 e. The smallest absolute Gasteiger partial charge is 0.182 e. The number of nitrogens with zero attached hydrogens (tertiary/aromatic N) is 1. The summed E-state index contributed by atoms with van der Waals surface area (Å²) >= 11 is 1.62. The van der Waals surface area contributed by atoms with Crippen LogP contribution in [0.2, 0.25) is 0 Å². The molecule has 1 heterocycles. The summed E-state index contributed by atoms with van der Waals surface area (Å²) in [7, 11) is 1.88. The molecule has 4 heteroatoms. The highest BCUT2D eigenvalue weighted by Crippen LogP contribution is 2.39. The van der Waals surface area contributed by atoms with Crippen LogP contribution in [0.1, 0.15) is 25.0 Å². The molecule has 2 rings (SSSR count). The Morgan fingerprint density at radius 2 is 2.42 bits per heavy atom. The van der Waals surface area contributed by atoms with Crippen LogP contribution in [0.25, 0.3) is 0 Å². The topological polar surface area (TPSA) is 50.9 Å². The second-order valence-electron chi connectivity index (χ2n) is 3.30. The van der Waals surface area contributed by atoms with Gasteiger partial charge in [0.25, 0.3) is 0 Å². The zero-order chi connectivity index (χ0) is 8.60. The van der Waals surface area contributed by atoms with Crippen molar-refractivity contribution in [3.8, 4) is 0 Å². The Hall–Kier alpha value is -0.610. The van der Waals surface area contributed by atoms with Gasteiger partial charge >= 0.3 is 0 Å². The van der Waals surface area contributed by atoms with Gasteiger partial charge in [0.1, 0.15) is 0 Å². The molecule has 0 amide bonds. The molecule has 0 aromatic carbocycles. The van der Waals surface area contributed by atoms with Crippen LogP contribution in [0.5, 0.6) is 0 Å². The Balaban J connectivity index is 2.22. The fraction of sp³-hybridized carbons (Fsp3) is 0.625. The van der Waals surface area contributed by atoms with Crippen LogP contribution in [0.15, 0.2) is 5.38 Å². The quantitative estimate of drug-likeness (QED) is 0.731. The first-order valence-electron chi connectivity index (χ1n) is 4.17. The van der Waals surface area contributed by atoms with E-state index in [0.29, 0.717) is 0 Å². The number of hydrogen-bond donors (Lipinski definition) is 2. The Kier molecular flexibility index (Phi) is 1.81. The SMILES string of the molecule is CNc1nc(C2(N)CCC2)cs1. The molecule has 0 spiro atoms. The minimum atomic E-state index is -0.106. The summed E-state index contributed by atoms with van der Waals surface area (Å²) in [5.41, 5.74) is 7.06. The van der Waals surface area contributed by atoms with E-state index < -0.39 is 0 Å². The highest BCUT2D eigenvalue weighted by atomic mass is 32.1. The first-order chi connectivity index (χ1) is 5.74. The van der Waals surface area contributed by atoms with Gasteiger partial charge in [-0.1, -0.05) is 0 Å². The van der Waals surface area contributed by atoms with E-state index in [1.165, 1.54) is 6.42 Å². The molecule has 1 aromatic rings. The molecule has 1 aromatic heterocycles. The minimum absolute atomic E-state index is 0.106. The van der Waals surface area contributed by atoms with Gasteiger partial charge in [-0.3, -0.25) is 0 Å². The standard InChI is InChI=1S/C8H13N3S/c1-10-7-11-6(5-12-7)8(9)3-2-4-8/h5H,2-4,9H2,1H3,(H,10,11). The van der Waals surface area contributed by atoms with Crippen LogP contribution in [0.3, 0.4) is 0 Å². The first-order valence-corrected chi connectivity index (χ1v) is 5.05. The van der Waals surface area contributed by atoms with Crippen LogP contribution in [-0.4, -0.2) is 12.0 Å². The lowest BCUT2D eigenvalue weighted by Crippen LogP contribution is -2.43. The third-order valence-electron chi connectivity index (χ3n) is 2.47. The van der Waals surface area contributed by atoms with Crippen molar-refractivity contribution in [1.82, 2.24) is 4.98 Å². The fourth-order valence-electron chi connectivity index (χ4n) is 1.43. The maximum atomic E-state index is 6.11. The second kappa shape index (κ2) is 2.71. The van der Waals surface area contributed by atoms with Crippen LogP contribution in [0, 0.1) is 0 Å². The molecule has 1 fully saturated rings. The van der Waals surface area contributed by atoms with Gasteiger partial charge in [-0.25, -0.2) is 4.98 Å². The van der Waals surface area contributed by atoms with Crippen LogP contribution < -0.4 is 11.1 Å². The van der Waals surface area contributed by atoms with Crippen molar-refractivity contribution < 1.29 is 0 Å². The molecule has 1 saturated carbocycles. The summed E-state index contributed by atoms with van der Waals surface area (Å²) in [5, 5.41) is 6.04. The van der Waals surface area contributed by atoms with E-state index >= 15 is 0 Å². The van der Waals surface area contributed by atoms with E-state index in [9.17, 15) is 0 Å². The maximum absolute atomic E-state index is 6.11. The lowest BCUT2D eigenvalue weighted by molar-refractivity contribution is 0.247. The highest BCUT2D eigenvalue weighted by Gasteiger charge is 2.36. The average Bonchev–Trinajstić information content (AvgIpc) is 2.48. The van der Waals surface area contributed by atoms with Crippen LogP contribution in [-0.2, 0) is 5.54 Å². The molecule has 1 aliphatic carbocycles. The summed E-state index contributed by atoms with van der Waals surface area (Å²) in [4.78, 5) is 4.40. The normalized spacial score (nSPS) is 20.2. The van der Waals surface area contributed by atoms with Gasteiger partial charge in [-0.2, -0.15) is 0 Å². The predicted octanol–water partition coefficient (Wildman–Crippen LogP) is 1.52. The lowest BCUT2D eigenvalue weighted by atomic mass is 9.76. The van der Waals surface area contributed by atoms with E-state index in [1.54, 1.807) is 11.3 Å². The van der Waals surface area contributed by atoms with Crippen molar-refractivity contribution in [3.63, 3.8) is 0 Å². The molecule has 12 heavy (non-hydrogen) atoms. The number of rotatable bonds is 2. The number of thiazole rings is 1. The van der Waals surface area contributed by atoms with Crippen LogP contribution >= 0.6 is 11.3 Å². The van der Waals surface area contributed by atoms with Gasteiger partial charge < -0.3 is 11.1 Å². The molecular formula is C8H13N3S. The van der Waals surface area contributed by atoms with Crippen LogP contribution in [0.4, 0.5) is 5.13 Å². The predicted molar refractivity (Wildman–Crippen MR) is 51.4 cm³/mol. The molecule has 66 valence electrons. The second-order valence-corrected chi connectivity index (χ2v) is 4.16. The van der Waals surface area contributed by atoms with Gasteiger partial charge in [0.15, 0.2) is 5.13 Å². The summed E-state index contributed by atoms with van der Waals surface area (Å²) in [6, 6.07) is 0. The van der Waals surface area contributed by atoms with Crippen molar-refractivity contribution in [2.45, 2.75) is 24.8 Å². The summed E-state index contributed by atoms with van der Waals surface area (Å²) in [6.45, 7) is 0. The summed E-state index contributed by atoms with van der Waals surface area (Å²) in [6.07, 6.45) is 3.41. The third-order valence-corrected chi connectivity index (χ3v) is 3.33. The third kappa shape index (κ3) is 1.11. The number of nitrogens with two attached hydrogens (primary N) is 1. The van der Waals surface area contributed by atoms with E-state index in [1.807, 2.05) is 7.05 Å². The summed E-state index contributed by atoms with van der Waals surface area (Å²) in [5.74, 6) is 0. The molecule has 0 aliphatic heterocycles. The maximum Gasteiger partial charge on any atom is 0.182 e. The van der Waals surface area contributed by atoms with Crippen molar-refractivity contribution in [1.29, 1.82) is 0 Å². The Morgan fingerprint density at radius 3 is 2.83 bits per heavy atom. The van der Waals surface area contributed by atoms with E-state index in [2.05, 4.69) is 15.7 Å². The number of anilines is 1. The molecule has 0 bridgehead atoms. The zero-order valence-electron chi connectivity index (χ0n) is 7.13. The van der Waals surface area contributed by atoms with Gasteiger partial charge in [0.2, 0.25) is 0 Å². The lowest BCUT2D eigenvalue weighted by Gasteiger charge is -2.36. The van der Waals surface area contributed by atoms with Crippen molar-refractivity contribution in [3.05, 3.63) is 11.1 Å². The summed E-state index contributed by atoms with van der Waals surface area (Å²) < 4.78 is 0. The van der Waals surface area contributed by atoms with Gasteiger partial charge in [-0.15, -0.1) is 11.3 Å². The molecule has 3 nitrogen and oxygen atoms in total. The Labute approximate surface area is 76.0 Å². The molecule has 0 radical (unpaired) electrons. The van der Waals surface area contributed by atoms with Crippen molar-refractivity contribution >= 4 is 16.5 Å². The first kappa shape index (κ1) is 8.01. The number of nitrogens with one attached hydrogen (secondary N) is 1. The van der Waals surface area contributed by atoms with E-state index in [4.69, 9.17) is 5.73 Å². The zero-order valence-corrected chi connectivity index (χ0v) is 7.95. The van der Waals surface area contributed by atoms with E-state index in [-0.39, 0.29) is 5.54 Å². The van der Waals surface area contributed by atoms with Gasteiger partial charge in [-0.05, 0) is 19.3 Å². The molecule has 1 aliphatic rings. The van der Waals surface area contributed by atoms with Crippen molar-refractivity contribution in [2.75, 3.05) is 12.4 Å². The largest absolute Gasteiger partial charge is 0.365 e. The van der Waals surface area contributed by atoms with Crippen molar-refractivity contribution in [2.24, 2.45) is 5.73 Å². The molecule has 0 unspecified atom stereocenters. The molecule has 0 atom stereocenters. The fourth-order valence-corrected chi connectivity index (χ4v) is 2.21. The Morgan fingerprint density at radius 1 is 1.67 bits per heavy atom. The molecular weight excluding hydrogens is 170 g/mol. The average molecular weight is 183 g/mol. The highest BCUT2D eigenvalue weighted by molar-refractivity contribution is 7.13. The molecule has 0 saturated heterocycles. The number of aromatic nitrogens is 1. The molecule has 3 N–H and O–H groups in total. The monoisotopic (exact) mass is 183 g/mol. The number of hydrogen-bond acceptors (Lipinski definition) is 4. The van der Waals surface area contributed by atoms with E-state index in [0.717, 1.165) is 23.7 Å². The van der Waals surface area contributed by atoms with Gasteiger partial charge in [0, 0.05) is 12.4 Å².